The van der Waals surface area contributed by atoms with Gasteiger partial charge in [-0.15, -0.1) is 11.3 Å². The number of sulfonamides is 1. The van der Waals surface area contributed by atoms with Gasteiger partial charge < -0.3 is 0 Å². The summed E-state index contributed by atoms with van der Waals surface area (Å²) in [6, 6.07) is 18.0. The van der Waals surface area contributed by atoms with Gasteiger partial charge in [-0.25, -0.2) is 8.42 Å². The third-order valence-electron chi connectivity index (χ3n) is 3.55. The summed E-state index contributed by atoms with van der Waals surface area (Å²) in [4.78, 5) is 1.10. The number of thiophene rings is 1. The third kappa shape index (κ3) is 3.18. The largest absolute Gasteiger partial charge is 0.279 e. The summed E-state index contributed by atoms with van der Waals surface area (Å²) in [5, 5.41) is 10.9. The number of nitriles is 1. The van der Waals surface area contributed by atoms with Crippen molar-refractivity contribution in [3.63, 3.8) is 0 Å². The van der Waals surface area contributed by atoms with Crippen molar-refractivity contribution in [2.24, 2.45) is 0 Å². The molecule has 0 saturated carbocycles. The van der Waals surface area contributed by atoms with E-state index in [1.165, 1.54) is 11.3 Å². The molecule has 0 amide bonds. The number of aryl methyl sites for hydroxylation is 1. The van der Waals surface area contributed by atoms with E-state index in [0.29, 0.717) is 16.8 Å². The van der Waals surface area contributed by atoms with Crippen molar-refractivity contribution in [1.82, 2.24) is 0 Å². The molecule has 1 aromatic heterocycles. The first-order valence-corrected chi connectivity index (χ1v) is 9.54. The fraction of sp³-hybridized carbons (Fsp3) is 0.0556. The Labute approximate surface area is 145 Å². The molecule has 3 rings (SSSR count). The molecule has 120 valence electrons. The zero-order valence-electron chi connectivity index (χ0n) is 12.9. The monoisotopic (exact) mass is 354 g/mol. The second-order valence-electron chi connectivity index (χ2n) is 5.23. The average molecular weight is 354 g/mol. The predicted molar refractivity (Wildman–Crippen MR) is 96.5 cm³/mol. The highest BCUT2D eigenvalue weighted by molar-refractivity contribution is 7.92. The first-order valence-electron chi connectivity index (χ1n) is 7.18. The highest BCUT2D eigenvalue weighted by Gasteiger charge is 2.17. The van der Waals surface area contributed by atoms with Crippen molar-refractivity contribution in [3.8, 4) is 16.5 Å². The Morgan fingerprint density at radius 3 is 2.54 bits per heavy atom. The molecule has 2 aromatic carbocycles. The molecule has 24 heavy (non-hydrogen) atoms. The van der Waals surface area contributed by atoms with Crippen LogP contribution in [0.15, 0.2) is 64.9 Å². The van der Waals surface area contributed by atoms with Crippen LogP contribution in [-0.2, 0) is 10.0 Å². The predicted octanol–water partition coefficient (Wildman–Crippen LogP) is 4.40. The molecule has 0 spiro atoms. The lowest BCUT2D eigenvalue weighted by atomic mass is 10.1. The first kappa shape index (κ1) is 16.2. The van der Waals surface area contributed by atoms with Crippen LogP contribution in [0.2, 0.25) is 0 Å². The summed E-state index contributed by atoms with van der Waals surface area (Å²) in [7, 11) is -3.64. The van der Waals surface area contributed by atoms with Crippen LogP contribution in [0.1, 0.15) is 11.1 Å². The Hall–Kier alpha value is -2.62. The SMILES string of the molecule is Cc1ccccc1S(=O)(=O)Nc1csc(-c2ccccc2C#N)c1. The number of hydrogen-bond acceptors (Lipinski definition) is 4. The van der Waals surface area contributed by atoms with Crippen LogP contribution in [0, 0.1) is 18.3 Å². The molecule has 0 bridgehead atoms. The zero-order chi connectivity index (χ0) is 17.2. The van der Waals surface area contributed by atoms with Crippen LogP contribution in [0.5, 0.6) is 0 Å². The van der Waals surface area contributed by atoms with E-state index in [0.717, 1.165) is 10.4 Å². The quantitative estimate of drug-likeness (QED) is 0.755. The fourth-order valence-electron chi connectivity index (χ4n) is 2.39. The van der Waals surface area contributed by atoms with Crippen LogP contribution < -0.4 is 4.72 Å². The van der Waals surface area contributed by atoms with Gasteiger partial charge in [0.1, 0.15) is 0 Å². The zero-order valence-corrected chi connectivity index (χ0v) is 14.5. The minimum Gasteiger partial charge on any atom is -0.279 e. The molecule has 0 radical (unpaired) electrons. The summed E-state index contributed by atoms with van der Waals surface area (Å²) < 4.78 is 27.7. The van der Waals surface area contributed by atoms with Gasteiger partial charge in [0.05, 0.1) is 22.2 Å². The van der Waals surface area contributed by atoms with E-state index in [1.807, 2.05) is 12.1 Å². The fourth-order valence-corrected chi connectivity index (χ4v) is 4.64. The maximum atomic E-state index is 12.5. The number of hydrogen-bond donors (Lipinski definition) is 1. The standard InChI is InChI=1S/C18H14N2O2S2/c1-13-6-2-5-9-18(13)24(21,22)20-15-10-17(23-12-15)16-8-4-3-7-14(16)11-19/h2-10,12,20H,1H3. The minimum absolute atomic E-state index is 0.259. The smallest absolute Gasteiger partial charge is 0.262 e. The summed E-state index contributed by atoms with van der Waals surface area (Å²) in [5.74, 6) is 0. The normalized spacial score (nSPS) is 11.0. The van der Waals surface area contributed by atoms with E-state index >= 15 is 0 Å². The topological polar surface area (TPSA) is 70.0 Å². The van der Waals surface area contributed by atoms with Gasteiger partial charge >= 0.3 is 0 Å². The van der Waals surface area contributed by atoms with Gasteiger partial charge in [-0.1, -0.05) is 36.4 Å². The molecule has 0 fully saturated rings. The lowest BCUT2D eigenvalue weighted by Crippen LogP contribution is -2.13. The summed E-state index contributed by atoms with van der Waals surface area (Å²) in [6.45, 7) is 1.76. The van der Waals surface area contributed by atoms with Crippen molar-refractivity contribution in [2.75, 3.05) is 4.72 Å². The summed E-state index contributed by atoms with van der Waals surface area (Å²) in [5.41, 5.74) is 2.54. The van der Waals surface area contributed by atoms with Gasteiger partial charge in [-0.2, -0.15) is 5.26 Å². The molecule has 0 saturated heterocycles. The minimum atomic E-state index is -3.64. The van der Waals surface area contributed by atoms with Crippen molar-refractivity contribution >= 4 is 27.0 Å². The van der Waals surface area contributed by atoms with Crippen LogP contribution in [0.3, 0.4) is 0 Å². The van der Waals surface area contributed by atoms with Gasteiger partial charge in [0, 0.05) is 15.8 Å². The number of benzene rings is 2. The number of nitrogens with zero attached hydrogens (tertiary/aromatic N) is 1. The van der Waals surface area contributed by atoms with Gasteiger partial charge in [0.15, 0.2) is 0 Å². The molecule has 0 unspecified atom stereocenters. The van der Waals surface area contributed by atoms with Crippen molar-refractivity contribution < 1.29 is 8.42 Å². The van der Waals surface area contributed by atoms with Crippen molar-refractivity contribution in [3.05, 3.63) is 71.1 Å². The second kappa shape index (κ2) is 6.48. The van der Waals surface area contributed by atoms with E-state index in [-0.39, 0.29) is 4.90 Å². The second-order valence-corrected chi connectivity index (χ2v) is 7.79. The Kier molecular flexibility index (Phi) is 4.38. The molecule has 1 N–H and O–H groups in total. The van der Waals surface area contributed by atoms with Crippen LogP contribution in [0.25, 0.3) is 10.4 Å². The van der Waals surface area contributed by atoms with Crippen LogP contribution >= 0.6 is 11.3 Å². The van der Waals surface area contributed by atoms with Gasteiger partial charge in [-0.3, -0.25) is 4.72 Å². The molecule has 4 nitrogen and oxygen atoms in total. The lowest BCUT2D eigenvalue weighted by molar-refractivity contribution is 0.600. The van der Waals surface area contributed by atoms with Crippen molar-refractivity contribution in [1.29, 1.82) is 5.26 Å². The summed E-state index contributed by atoms with van der Waals surface area (Å²) in [6.07, 6.45) is 0. The molecule has 3 aromatic rings. The van der Waals surface area contributed by atoms with Crippen molar-refractivity contribution in [2.45, 2.75) is 11.8 Å². The lowest BCUT2D eigenvalue weighted by Gasteiger charge is -2.08. The maximum absolute atomic E-state index is 12.5. The van der Waals surface area contributed by atoms with Gasteiger partial charge in [0.2, 0.25) is 0 Å². The highest BCUT2D eigenvalue weighted by atomic mass is 32.2. The average Bonchev–Trinajstić information content (AvgIpc) is 3.02. The van der Waals surface area contributed by atoms with E-state index in [1.54, 1.807) is 54.8 Å². The van der Waals surface area contributed by atoms with E-state index in [9.17, 15) is 13.7 Å². The van der Waals surface area contributed by atoms with Crippen LogP contribution in [0.4, 0.5) is 5.69 Å². The molecule has 0 aliphatic heterocycles. The summed E-state index contributed by atoms with van der Waals surface area (Å²) >= 11 is 1.39. The Bertz CT molecular complexity index is 1030. The van der Waals surface area contributed by atoms with Gasteiger partial charge in [-0.05, 0) is 30.7 Å². The highest BCUT2D eigenvalue weighted by Crippen LogP contribution is 2.33. The molecule has 1 heterocycles. The van der Waals surface area contributed by atoms with E-state index < -0.39 is 10.0 Å². The number of anilines is 1. The first-order chi connectivity index (χ1) is 11.5. The molecular formula is C18H14N2O2S2. The molecule has 0 aliphatic carbocycles. The van der Waals surface area contributed by atoms with E-state index in [4.69, 9.17) is 0 Å². The van der Waals surface area contributed by atoms with Crippen LogP contribution in [-0.4, -0.2) is 8.42 Å². The van der Waals surface area contributed by atoms with Gasteiger partial charge in [0.25, 0.3) is 10.0 Å². The Morgan fingerprint density at radius 1 is 1.08 bits per heavy atom. The van der Waals surface area contributed by atoms with E-state index in [2.05, 4.69) is 10.8 Å². The molecular weight excluding hydrogens is 340 g/mol. The molecule has 0 aliphatic rings. The maximum Gasteiger partial charge on any atom is 0.262 e. The molecule has 0 atom stereocenters. The third-order valence-corrected chi connectivity index (χ3v) is 6.05. The Balaban J connectivity index is 1.92. The number of rotatable bonds is 4. The molecule has 6 heteroatoms. The Morgan fingerprint density at radius 2 is 1.79 bits per heavy atom. The number of nitrogens with one attached hydrogen (secondary N) is 1.